The van der Waals surface area contributed by atoms with E-state index in [1.54, 1.807) is 28.1 Å². The number of ketones is 1. The van der Waals surface area contributed by atoms with Crippen LogP contribution in [0.3, 0.4) is 0 Å². The number of aliphatic hydroxyl groups is 1. The van der Waals surface area contributed by atoms with Crippen LogP contribution in [0.5, 0.6) is 0 Å². The quantitative estimate of drug-likeness (QED) is 0.515. The summed E-state index contributed by atoms with van der Waals surface area (Å²) < 4.78 is 0.155. The zero-order valence-electron chi connectivity index (χ0n) is 11.7. The van der Waals surface area contributed by atoms with E-state index in [2.05, 4.69) is 0 Å². The summed E-state index contributed by atoms with van der Waals surface area (Å²) in [7, 11) is 5.11. The molecule has 0 aromatic heterocycles. The van der Waals surface area contributed by atoms with E-state index in [1.165, 1.54) is 0 Å². The lowest BCUT2D eigenvalue weighted by Crippen LogP contribution is -2.62. The average Bonchev–Trinajstić information content (AvgIpc) is 2.22. The van der Waals surface area contributed by atoms with Gasteiger partial charge in [-0.1, -0.05) is 0 Å². The summed E-state index contributed by atoms with van der Waals surface area (Å²) >= 11 is 0. The smallest absolute Gasteiger partial charge is 0.303 e. The van der Waals surface area contributed by atoms with Crippen molar-refractivity contribution in [1.82, 2.24) is 0 Å². The van der Waals surface area contributed by atoms with E-state index in [-0.39, 0.29) is 4.48 Å². The molecule has 0 saturated carbocycles. The van der Waals surface area contributed by atoms with Gasteiger partial charge in [-0.25, -0.2) is 0 Å². The minimum absolute atomic E-state index is 0.155. The first kappa shape index (κ1) is 17.5. The van der Waals surface area contributed by atoms with Gasteiger partial charge in [-0.15, -0.1) is 0 Å². The maximum atomic E-state index is 12.0. The molecule has 19 heavy (non-hydrogen) atoms. The van der Waals surface area contributed by atoms with Gasteiger partial charge in [0.15, 0.2) is 11.4 Å². The summed E-state index contributed by atoms with van der Waals surface area (Å²) in [5.74, 6) is -3.52. The number of carbonyl (C=O) groups excluding carboxylic acids is 2. The molecular weight excluding hydrogens is 254 g/mol. The van der Waals surface area contributed by atoms with Gasteiger partial charge in [0.2, 0.25) is 0 Å². The highest BCUT2D eigenvalue weighted by molar-refractivity contribution is 5.92. The van der Waals surface area contributed by atoms with Crippen LogP contribution in [0.2, 0.25) is 0 Å². The third-order valence-electron chi connectivity index (χ3n) is 3.32. The van der Waals surface area contributed by atoms with Gasteiger partial charge in [0.1, 0.15) is 6.04 Å². The van der Waals surface area contributed by atoms with Crippen molar-refractivity contribution in [3.8, 4) is 0 Å². The lowest BCUT2D eigenvalue weighted by Gasteiger charge is -2.41. The molecule has 0 aliphatic carbocycles. The predicted octanol–water partition coefficient (Wildman–Crippen LogP) is -1.61. The van der Waals surface area contributed by atoms with Gasteiger partial charge in [-0.3, -0.25) is 9.59 Å². The zero-order chi connectivity index (χ0) is 15.4. The van der Waals surface area contributed by atoms with E-state index in [4.69, 9.17) is 5.11 Å². The number of hydrogen-bond acceptors (Lipinski definition) is 5. The lowest BCUT2D eigenvalue weighted by atomic mass is 9.83. The fourth-order valence-corrected chi connectivity index (χ4v) is 1.78. The second-order valence-electron chi connectivity index (χ2n) is 5.58. The zero-order valence-corrected chi connectivity index (χ0v) is 11.7. The van der Waals surface area contributed by atoms with Crippen molar-refractivity contribution in [2.24, 2.45) is 0 Å². The van der Waals surface area contributed by atoms with Crippen molar-refractivity contribution in [1.29, 1.82) is 0 Å². The van der Waals surface area contributed by atoms with Gasteiger partial charge < -0.3 is 24.6 Å². The van der Waals surface area contributed by atoms with Crippen molar-refractivity contribution >= 4 is 17.7 Å². The molecule has 0 amide bonds. The molecule has 0 radical (unpaired) electrons. The number of nitrogens with zero attached hydrogens (tertiary/aromatic N) is 1. The number of hydrogen-bond donors (Lipinski definition) is 2. The highest BCUT2D eigenvalue weighted by Crippen LogP contribution is 2.25. The molecule has 0 aromatic rings. The van der Waals surface area contributed by atoms with E-state index in [0.717, 1.165) is 0 Å². The molecule has 7 nitrogen and oxygen atoms in total. The van der Waals surface area contributed by atoms with Gasteiger partial charge in [0, 0.05) is 18.8 Å². The number of carboxylic acid groups (broad SMARTS) is 2. The average molecular weight is 275 g/mol. The van der Waals surface area contributed by atoms with Gasteiger partial charge >= 0.3 is 5.97 Å². The third kappa shape index (κ3) is 4.96. The van der Waals surface area contributed by atoms with Gasteiger partial charge in [0.25, 0.3) is 0 Å². The Morgan fingerprint density at radius 2 is 1.68 bits per heavy atom. The molecule has 0 aliphatic heterocycles. The Labute approximate surface area is 112 Å². The highest BCUT2D eigenvalue weighted by atomic mass is 16.4. The van der Waals surface area contributed by atoms with Crippen molar-refractivity contribution in [2.45, 2.75) is 37.8 Å². The molecule has 0 saturated heterocycles. The second-order valence-corrected chi connectivity index (χ2v) is 5.58. The predicted molar refractivity (Wildman–Crippen MR) is 63.9 cm³/mol. The number of carbonyl (C=O) groups is 3. The van der Waals surface area contributed by atoms with Crippen LogP contribution in [0.25, 0.3) is 0 Å². The molecule has 0 bridgehead atoms. The van der Waals surface area contributed by atoms with Crippen LogP contribution in [-0.2, 0) is 14.4 Å². The molecule has 0 heterocycles. The Balaban J connectivity index is 5.22. The SMILES string of the molecule is CC(C(O)(CC(=O)[O-])C(=O)CCC(=O)O)[N+](C)(C)C. The molecular formula is C12H21NO6. The molecule has 0 aliphatic rings. The summed E-state index contributed by atoms with van der Waals surface area (Å²) in [5.41, 5.74) is -2.13. The Morgan fingerprint density at radius 1 is 1.21 bits per heavy atom. The molecule has 2 N–H and O–H groups in total. The molecule has 0 spiro atoms. The van der Waals surface area contributed by atoms with Gasteiger partial charge in [-0.2, -0.15) is 0 Å². The topological polar surface area (TPSA) is 115 Å². The number of Topliss-reactive ketones (excluding diaryl/α,β-unsaturated/α-hetero) is 1. The fourth-order valence-electron chi connectivity index (χ4n) is 1.78. The minimum atomic E-state index is -2.13. The minimum Gasteiger partial charge on any atom is -0.550 e. The van der Waals surface area contributed by atoms with Crippen molar-refractivity contribution in [3.05, 3.63) is 0 Å². The largest absolute Gasteiger partial charge is 0.550 e. The Morgan fingerprint density at radius 3 is 2.00 bits per heavy atom. The van der Waals surface area contributed by atoms with E-state index < -0.39 is 48.6 Å². The van der Waals surface area contributed by atoms with Crippen molar-refractivity contribution < 1.29 is 34.2 Å². The molecule has 2 unspecified atom stereocenters. The summed E-state index contributed by atoms with van der Waals surface area (Å²) in [6, 6.07) is -0.716. The first-order valence-electron chi connectivity index (χ1n) is 5.89. The van der Waals surface area contributed by atoms with Crippen LogP contribution < -0.4 is 5.11 Å². The van der Waals surface area contributed by atoms with E-state index in [9.17, 15) is 24.6 Å². The van der Waals surface area contributed by atoms with Gasteiger partial charge in [0.05, 0.1) is 27.6 Å². The molecule has 0 fully saturated rings. The van der Waals surface area contributed by atoms with E-state index >= 15 is 0 Å². The van der Waals surface area contributed by atoms with Crippen LogP contribution in [0.15, 0.2) is 0 Å². The van der Waals surface area contributed by atoms with Crippen LogP contribution in [0, 0.1) is 0 Å². The Kier molecular flexibility index (Phi) is 5.64. The van der Waals surface area contributed by atoms with Crippen LogP contribution >= 0.6 is 0 Å². The van der Waals surface area contributed by atoms with Crippen LogP contribution in [0.1, 0.15) is 26.2 Å². The number of quaternary nitrogens is 1. The lowest BCUT2D eigenvalue weighted by molar-refractivity contribution is -0.900. The third-order valence-corrected chi connectivity index (χ3v) is 3.32. The molecule has 110 valence electrons. The van der Waals surface area contributed by atoms with Crippen molar-refractivity contribution in [2.75, 3.05) is 21.1 Å². The second kappa shape index (κ2) is 6.12. The molecule has 2 atom stereocenters. The monoisotopic (exact) mass is 275 g/mol. The fraction of sp³-hybridized carbons (Fsp3) is 0.750. The molecule has 0 rings (SSSR count). The Hall–Kier alpha value is -1.47. The summed E-state index contributed by atoms with van der Waals surface area (Å²) in [4.78, 5) is 33.2. The highest BCUT2D eigenvalue weighted by Gasteiger charge is 2.47. The first-order chi connectivity index (χ1) is 8.41. The van der Waals surface area contributed by atoms with Crippen LogP contribution in [0.4, 0.5) is 0 Å². The standard InChI is InChI=1S/C12H21NO6/c1-8(13(2,3)4)12(19,7-11(17)18)9(14)5-6-10(15)16/h8,19H,5-7H2,1-4H3,(H-,15,16,17,18). The normalized spacial score (nSPS) is 16.5. The van der Waals surface area contributed by atoms with E-state index in [1.807, 2.05) is 0 Å². The number of carboxylic acids is 2. The van der Waals surface area contributed by atoms with E-state index in [0.29, 0.717) is 0 Å². The Bertz CT molecular complexity index is 373. The maximum absolute atomic E-state index is 12.0. The summed E-state index contributed by atoms with van der Waals surface area (Å²) in [5, 5.41) is 29.7. The van der Waals surface area contributed by atoms with Crippen LogP contribution in [-0.4, -0.2) is 65.2 Å². The molecule has 7 heteroatoms. The first-order valence-corrected chi connectivity index (χ1v) is 5.89. The maximum Gasteiger partial charge on any atom is 0.303 e. The van der Waals surface area contributed by atoms with Gasteiger partial charge in [-0.05, 0) is 6.92 Å². The summed E-state index contributed by atoms with van der Waals surface area (Å²) in [6.07, 6.45) is -1.70. The number of rotatable bonds is 8. The number of aliphatic carboxylic acids is 2. The summed E-state index contributed by atoms with van der Waals surface area (Å²) in [6.45, 7) is 1.54. The van der Waals surface area contributed by atoms with Crippen molar-refractivity contribution in [3.63, 3.8) is 0 Å². The number of likely N-dealkylation sites (N-methyl/N-ethyl adjacent to an activating group) is 1. The molecule has 0 aromatic carbocycles.